The van der Waals surface area contributed by atoms with Crippen LogP contribution in [0.5, 0.6) is 0 Å². The first-order valence-electron chi connectivity index (χ1n) is 9.32. The summed E-state index contributed by atoms with van der Waals surface area (Å²) in [6, 6.07) is 0. The lowest BCUT2D eigenvalue weighted by molar-refractivity contribution is 0.127. The van der Waals surface area contributed by atoms with Crippen molar-refractivity contribution in [1.29, 1.82) is 0 Å². The normalized spacial score (nSPS) is 14.0. The smallest absolute Gasteiger partial charge is 0.204 e. The third kappa shape index (κ3) is 13.0. The molecule has 0 amide bonds. The summed E-state index contributed by atoms with van der Waals surface area (Å²) in [5.41, 5.74) is 0. The molecule has 1 N–H and O–H groups in total. The topological polar surface area (TPSA) is 37.3 Å². The average Bonchev–Trinajstić information content (AvgIpc) is 2.51. The lowest BCUT2D eigenvalue weighted by atomic mass is 9.95. The molecule has 0 fully saturated rings. The lowest BCUT2D eigenvalue weighted by Gasteiger charge is -2.14. The Morgan fingerprint density at radius 1 is 0.762 bits per heavy atom. The first-order valence-corrected chi connectivity index (χ1v) is 9.32. The maximum Gasteiger partial charge on any atom is 0.204 e. The molecule has 0 bridgehead atoms. The predicted molar refractivity (Wildman–Crippen MR) is 91.2 cm³/mol. The summed E-state index contributed by atoms with van der Waals surface area (Å²) in [4.78, 5) is 10.8. The van der Waals surface area contributed by atoms with Gasteiger partial charge in [0.25, 0.3) is 0 Å². The highest BCUT2D eigenvalue weighted by atomic mass is 16.3. The largest absolute Gasteiger partial charge is 0.392 e. The van der Waals surface area contributed by atoms with Crippen molar-refractivity contribution < 1.29 is 9.90 Å². The van der Waals surface area contributed by atoms with Gasteiger partial charge in [-0.25, -0.2) is 0 Å². The minimum atomic E-state index is -0.491. The van der Waals surface area contributed by atoms with E-state index in [2.05, 4.69) is 6.92 Å². The van der Waals surface area contributed by atoms with Crippen molar-refractivity contribution in [2.45, 2.75) is 110 Å². The van der Waals surface area contributed by atoms with E-state index in [4.69, 9.17) is 0 Å². The van der Waals surface area contributed by atoms with Crippen LogP contribution >= 0.6 is 0 Å². The third-order valence-electron chi connectivity index (χ3n) is 4.40. The van der Waals surface area contributed by atoms with Crippen molar-refractivity contribution in [3.8, 4) is 0 Å². The fraction of sp³-hybridized carbons (Fsp3) is 0.947. The molecule has 0 aromatic carbocycles. The molecule has 0 saturated heterocycles. The van der Waals surface area contributed by atoms with Crippen LogP contribution in [0.25, 0.3) is 0 Å². The van der Waals surface area contributed by atoms with Crippen molar-refractivity contribution in [1.82, 2.24) is 0 Å². The zero-order valence-electron chi connectivity index (χ0n) is 14.4. The van der Waals surface area contributed by atoms with E-state index < -0.39 is 6.10 Å². The first kappa shape index (κ1) is 20.6. The fourth-order valence-corrected chi connectivity index (χ4v) is 2.82. The molecule has 2 atom stereocenters. The predicted octanol–water partition coefficient (Wildman–Crippen LogP) is 5.57. The van der Waals surface area contributed by atoms with Gasteiger partial charge in [0, 0.05) is 0 Å². The molecule has 0 aromatic rings. The van der Waals surface area contributed by atoms with Gasteiger partial charge in [-0.05, 0) is 12.8 Å². The second-order valence-corrected chi connectivity index (χ2v) is 6.38. The summed E-state index contributed by atoms with van der Waals surface area (Å²) < 4.78 is 0. The standard InChI is InChI=1S/C19H37O2/c1-3-5-6-7-8-9-10-11-12-13-14-15-16-18(17-20)19(21)4-2/h18-19,21H,3-16H2,1-2H3. The van der Waals surface area contributed by atoms with Crippen LogP contribution in [0.1, 0.15) is 104 Å². The van der Waals surface area contributed by atoms with Gasteiger partial charge in [0.2, 0.25) is 6.29 Å². The molecule has 0 aliphatic rings. The van der Waals surface area contributed by atoms with E-state index in [0.29, 0.717) is 6.42 Å². The fourth-order valence-electron chi connectivity index (χ4n) is 2.82. The quantitative estimate of drug-likeness (QED) is 0.378. The van der Waals surface area contributed by atoms with Gasteiger partial charge in [-0.3, -0.25) is 4.79 Å². The summed E-state index contributed by atoms with van der Waals surface area (Å²) in [5, 5.41) is 9.63. The van der Waals surface area contributed by atoms with E-state index >= 15 is 0 Å². The highest BCUT2D eigenvalue weighted by Gasteiger charge is 2.16. The summed E-state index contributed by atoms with van der Waals surface area (Å²) in [5.74, 6) is -0.266. The monoisotopic (exact) mass is 297 g/mol. The van der Waals surface area contributed by atoms with E-state index in [0.717, 1.165) is 12.8 Å². The average molecular weight is 298 g/mol. The van der Waals surface area contributed by atoms with E-state index in [1.807, 2.05) is 13.2 Å². The van der Waals surface area contributed by atoms with Gasteiger partial charge < -0.3 is 5.11 Å². The maximum absolute atomic E-state index is 10.8. The molecule has 1 radical (unpaired) electrons. The van der Waals surface area contributed by atoms with Gasteiger partial charge in [0.15, 0.2) is 0 Å². The zero-order chi connectivity index (χ0) is 15.8. The van der Waals surface area contributed by atoms with E-state index in [-0.39, 0.29) is 5.92 Å². The molecule has 2 nitrogen and oxygen atoms in total. The molecule has 0 aliphatic carbocycles. The number of unbranched alkanes of at least 4 members (excludes halogenated alkanes) is 11. The number of carbonyl (C=O) groups excluding carboxylic acids is 1. The molecular weight excluding hydrogens is 260 g/mol. The van der Waals surface area contributed by atoms with Crippen molar-refractivity contribution in [2.24, 2.45) is 5.92 Å². The molecule has 0 aromatic heterocycles. The Bertz CT molecular complexity index is 216. The highest BCUT2D eigenvalue weighted by Crippen LogP contribution is 2.16. The second kappa shape index (κ2) is 16.0. The van der Waals surface area contributed by atoms with Gasteiger partial charge in [0.05, 0.1) is 12.0 Å². The summed E-state index contributed by atoms with van der Waals surface area (Å²) in [7, 11) is 0. The van der Waals surface area contributed by atoms with Gasteiger partial charge in [-0.15, -0.1) is 0 Å². The van der Waals surface area contributed by atoms with Crippen molar-refractivity contribution in [2.75, 3.05) is 0 Å². The molecule has 2 heteroatoms. The Labute approximate surface area is 132 Å². The molecule has 125 valence electrons. The van der Waals surface area contributed by atoms with Gasteiger partial charge in [-0.1, -0.05) is 90.9 Å². The van der Waals surface area contributed by atoms with Crippen LogP contribution in [0, 0.1) is 5.92 Å². The van der Waals surface area contributed by atoms with Crippen molar-refractivity contribution >= 4 is 6.29 Å². The van der Waals surface area contributed by atoms with Crippen LogP contribution < -0.4 is 0 Å². The Balaban J connectivity index is 3.23. The van der Waals surface area contributed by atoms with Gasteiger partial charge >= 0.3 is 0 Å². The Kier molecular flexibility index (Phi) is 15.7. The number of hydrogen-bond donors (Lipinski definition) is 1. The number of hydrogen-bond acceptors (Lipinski definition) is 2. The highest BCUT2D eigenvalue weighted by molar-refractivity contribution is 5.55. The molecule has 0 aliphatic heterocycles. The lowest BCUT2D eigenvalue weighted by Crippen LogP contribution is -2.20. The van der Waals surface area contributed by atoms with Gasteiger partial charge in [0.1, 0.15) is 0 Å². The Hall–Kier alpha value is -0.370. The zero-order valence-corrected chi connectivity index (χ0v) is 14.4. The minimum absolute atomic E-state index is 0.266. The maximum atomic E-state index is 10.8. The Morgan fingerprint density at radius 3 is 1.57 bits per heavy atom. The summed E-state index contributed by atoms with van der Waals surface area (Å²) >= 11 is 0. The van der Waals surface area contributed by atoms with Crippen LogP contribution in [-0.2, 0) is 4.79 Å². The van der Waals surface area contributed by atoms with Crippen LogP contribution in [0.2, 0.25) is 0 Å². The van der Waals surface area contributed by atoms with Crippen molar-refractivity contribution in [3.05, 3.63) is 0 Å². The number of aliphatic hydroxyl groups excluding tert-OH is 1. The molecule has 2 unspecified atom stereocenters. The van der Waals surface area contributed by atoms with Gasteiger partial charge in [-0.2, -0.15) is 0 Å². The Morgan fingerprint density at radius 2 is 1.19 bits per heavy atom. The van der Waals surface area contributed by atoms with Crippen LogP contribution in [0.3, 0.4) is 0 Å². The molecule has 0 saturated carbocycles. The molecule has 0 heterocycles. The number of aliphatic hydroxyl groups is 1. The summed E-state index contributed by atoms with van der Waals surface area (Å²) in [6.45, 7) is 4.18. The van der Waals surface area contributed by atoms with Crippen LogP contribution in [0.4, 0.5) is 0 Å². The second-order valence-electron chi connectivity index (χ2n) is 6.38. The SMILES string of the molecule is CCCCCCCCCCCCCCC([C]=O)C(O)CC. The van der Waals surface area contributed by atoms with Crippen molar-refractivity contribution in [3.63, 3.8) is 0 Å². The molecular formula is C19H37O2. The van der Waals surface area contributed by atoms with Crippen LogP contribution in [0.15, 0.2) is 0 Å². The van der Waals surface area contributed by atoms with E-state index in [1.54, 1.807) is 0 Å². The molecule has 0 rings (SSSR count). The summed E-state index contributed by atoms with van der Waals surface area (Å²) in [6.07, 6.45) is 18.9. The van der Waals surface area contributed by atoms with E-state index in [1.165, 1.54) is 70.6 Å². The molecule has 0 spiro atoms. The van der Waals surface area contributed by atoms with Crippen LogP contribution in [-0.4, -0.2) is 17.5 Å². The minimum Gasteiger partial charge on any atom is -0.392 e. The number of rotatable bonds is 16. The van der Waals surface area contributed by atoms with E-state index in [9.17, 15) is 9.90 Å². The third-order valence-corrected chi connectivity index (χ3v) is 4.40. The molecule has 21 heavy (non-hydrogen) atoms. The first-order chi connectivity index (χ1) is 10.3.